The molecule has 2 heterocycles. The highest BCUT2D eigenvalue weighted by molar-refractivity contribution is 7.22. The predicted molar refractivity (Wildman–Crippen MR) is 105 cm³/mol. The predicted octanol–water partition coefficient (Wildman–Crippen LogP) is 4.92. The van der Waals surface area contributed by atoms with E-state index in [1.54, 1.807) is 22.3 Å². The SMILES string of the molecule is Cc1cc(C)c2sc(N(CC(C)C)C(=O)c3cccc(C)n3)nc2c1. The van der Waals surface area contributed by atoms with E-state index in [-0.39, 0.29) is 5.91 Å². The highest BCUT2D eigenvalue weighted by Crippen LogP contribution is 2.33. The number of anilines is 1. The minimum Gasteiger partial charge on any atom is -0.282 e. The van der Waals surface area contributed by atoms with E-state index in [4.69, 9.17) is 4.98 Å². The molecule has 3 aromatic rings. The van der Waals surface area contributed by atoms with Crippen LogP contribution in [0, 0.1) is 26.7 Å². The second kappa shape index (κ2) is 6.92. The Morgan fingerprint density at radius 1 is 1.16 bits per heavy atom. The maximum absolute atomic E-state index is 13.1. The monoisotopic (exact) mass is 353 g/mol. The van der Waals surface area contributed by atoms with E-state index in [1.807, 2.05) is 19.1 Å². The normalized spacial score (nSPS) is 11.3. The van der Waals surface area contributed by atoms with Crippen LogP contribution in [-0.2, 0) is 0 Å². The quantitative estimate of drug-likeness (QED) is 0.669. The van der Waals surface area contributed by atoms with Gasteiger partial charge in [0, 0.05) is 12.2 Å². The van der Waals surface area contributed by atoms with Crippen LogP contribution in [0.2, 0.25) is 0 Å². The summed E-state index contributed by atoms with van der Waals surface area (Å²) in [5.41, 5.74) is 4.64. The molecule has 0 unspecified atom stereocenters. The lowest BCUT2D eigenvalue weighted by molar-refractivity contribution is 0.0979. The van der Waals surface area contributed by atoms with Crippen molar-refractivity contribution in [2.45, 2.75) is 34.6 Å². The van der Waals surface area contributed by atoms with Gasteiger partial charge in [-0.2, -0.15) is 0 Å². The number of hydrogen-bond acceptors (Lipinski definition) is 4. The second-order valence-electron chi connectivity index (χ2n) is 6.90. The van der Waals surface area contributed by atoms with Crippen LogP contribution in [0.15, 0.2) is 30.3 Å². The molecule has 0 aliphatic rings. The van der Waals surface area contributed by atoms with Crippen LogP contribution >= 0.6 is 11.3 Å². The Kier molecular flexibility index (Phi) is 4.86. The number of benzene rings is 1. The molecular formula is C20H23N3OS. The Labute approximate surface area is 152 Å². The summed E-state index contributed by atoms with van der Waals surface area (Å²) in [5.74, 6) is 0.245. The van der Waals surface area contributed by atoms with Gasteiger partial charge in [0.1, 0.15) is 5.69 Å². The number of fused-ring (bicyclic) bond motifs is 1. The van der Waals surface area contributed by atoms with Gasteiger partial charge in [0.05, 0.1) is 10.2 Å². The zero-order chi connectivity index (χ0) is 18.1. The smallest absolute Gasteiger partial charge is 0.278 e. The summed E-state index contributed by atoms with van der Waals surface area (Å²) in [6.45, 7) is 10.9. The summed E-state index contributed by atoms with van der Waals surface area (Å²) < 4.78 is 1.14. The van der Waals surface area contributed by atoms with Gasteiger partial charge in [0.15, 0.2) is 5.13 Å². The molecule has 0 aliphatic heterocycles. The molecule has 25 heavy (non-hydrogen) atoms. The van der Waals surface area contributed by atoms with Crippen LogP contribution in [0.4, 0.5) is 5.13 Å². The summed E-state index contributed by atoms with van der Waals surface area (Å²) >= 11 is 1.58. The van der Waals surface area contributed by atoms with Crippen LogP contribution in [0.25, 0.3) is 10.2 Å². The fraction of sp³-hybridized carbons (Fsp3) is 0.350. The largest absolute Gasteiger partial charge is 0.282 e. The van der Waals surface area contributed by atoms with E-state index in [0.29, 0.717) is 18.2 Å². The number of carbonyl (C=O) groups is 1. The van der Waals surface area contributed by atoms with Crippen LogP contribution < -0.4 is 4.90 Å². The highest BCUT2D eigenvalue weighted by atomic mass is 32.1. The minimum atomic E-state index is -0.0918. The second-order valence-corrected chi connectivity index (χ2v) is 7.88. The van der Waals surface area contributed by atoms with Gasteiger partial charge >= 0.3 is 0 Å². The molecule has 1 amide bonds. The number of rotatable bonds is 4. The van der Waals surface area contributed by atoms with Crippen molar-refractivity contribution in [2.24, 2.45) is 5.92 Å². The van der Waals surface area contributed by atoms with E-state index in [0.717, 1.165) is 21.0 Å². The lowest BCUT2D eigenvalue weighted by Crippen LogP contribution is -2.34. The Morgan fingerprint density at radius 2 is 1.92 bits per heavy atom. The molecule has 0 N–H and O–H groups in total. The number of amides is 1. The van der Waals surface area contributed by atoms with Gasteiger partial charge < -0.3 is 0 Å². The first kappa shape index (κ1) is 17.5. The molecule has 130 valence electrons. The van der Waals surface area contributed by atoms with Crippen LogP contribution in [-0.4, -0.2) is 22.4 Å². The number of nitrogens with zero attached hydrogens (tertiary/aromatic N) is 3. The molecule has 5 heteroatoms. The summed E-state index contributed by atoms with van der Waals surface area (Å²) in [6, 6.07) is 9.76. The van der Waals surface area contributed by atoms with E-state index in [9.17, 15) is 4.79 Å². The molecule has 0 atom stereocenters. The van der Waals surface area contributed by atoms with Gasteiger partial charge in [-0.25, -0.2) is 9.97 Å². The zero-order valence-electron chi connectivity index (χ0n) is 15.3. The summed E-state index contributed by atoms with van der Waals surface area (Å²) in [4.78, 5) is 24.0. The minimum absolute atomic E-state index is 0.0918. The number of aryl methyl sites for hydroxylation is 3. The molecule has 0 radical (unpaired) electrons. The summed E-state index contributed by atoms with van der Waals surface area (Å²) in [6.07, 6.45) is 0. The number of carbonyl (C=O) groups excluding carboxylic acids is 1. The molecule has 3 rings (SSSR count). The van der Waals surface area contributed by atoms with Crippen LogP contribution in [0.5, 0.6) is 0 Å². The van der Waals surface area contributed by atoms with Crippen molar-refractivity contribution >= 4 is 32.6 Å². The van der Waals surface area contributed by atoms with Crippen molar-refractivity contribution in [2.75, 3.05) is 11.4 Å². The van der Waals surface area contributed by atoms with E-state index < -0.39 is 0 Å². The van der Waals surface area contributed by atoms with E-state index in [1.165, 1.54) is 11.1 Å². The standard InChI is InChI=1S/C20H23N3OS/c1-12(2)11-23(19(24)16-8-6-7-15(5)21-16)20-22-17-10-13(3)9-14(4)18(17)25-20/h6-10,12H,11H2,1-5H3. The molecule has 0 aliphatic carbocycles. The van der Waals surface area contributed by atoms with Crippen molar-refractivity contribution in [3.63, 3.8) is 0 Å². The van der Waals surface area contributed by atoms with Gasteiger partial charge in [-0.3, -0.25) is 9.69 Å². The third kappa shape index (κ3) is 3.71. The Hall–Kier alpha value is -2.27. The van der Waals surface area contributed by atoms with Gasteiger partial charge in [0.2, 0.25) is 0 Å². The van der Waals surface area contributed by atoms with Crippen LogP contribution in [0.1, 0.15) is 41.2 Å². The van der Waals surface area contributed by atoms with Crippen LogP contribution in [0.3, 0.4) is 0 Å². The molecule has 0 bridgehead atoms. The topological polar surface area (TPSA) is 46.1 Å². The van der Waals surface area contributed by atoms with Crippen molar-refractivity contribution in [3.8, 4) is 0 Å². The molecule has 0 saturated carbocycles. The first-order valence-corrected chi connectivity index (χ1v) is 9.30. The maximum atomic E-state index is 13.1. The Balaban J connectivity index is 2.07. The number of hydrogen-bond donors (Lipinski definition) is 0. The zero-order valence-corrected chi connectivity index (χ0v) is 16.1. The molecule has 0 saturated heterocycles. The average molecular weight is 353 g/mol. The van der Waals surface area contributed by atoms with Crippen molar-refractivity contribution in [1.29, 1.82) is 0 Å². The number of thiazole rings is 1. The van der Waals surface area contributed by atoms with E-state index in [2.05, 4.69) is 44.8 Å². The fourth-order valence-electron chi connectivity index (χ4n) is 2.89. The molecule has 0 spiro atoms. The van der Waals surface area contributed by atoms with Gasteiger partial charge in [-0.1, -0.05) is 37.3 Å². The molecule has 2 aromatic heterocycles. The van der Waals surface area contributed by atoms with Gasteiger partial charge in [-0.15, -0.1) is 0 Å². The maximum Gasteiger partial charge on any atom is 0.278 e. The van der Waals surface area contributed by atoms with Crippen molar-refractivity contribution < 1.29 is 4.79 Å². The van der Waals surface area contributed by atoms with Crippen molar-refractivity contribution in [1.82, 2.24) is 9.97 Å². The number of aromatic nitrogens is 2. The van der Waals surface area contributed by atoms with Gasteiger partial charge in [0.25, 0.3) is 5.91 Å². The molecule has 4 nitrogen and oxygen atoms in total. The number of pyridine rings is 1. The first-order chi connectivity index (χ1) is 11.8. The Morgan fingerprint density at radius 3 is 2.60 bits per heavy atom. The fourth-order valence-corrected chi connectivity index (χ4v) is 3.92. The van der Waals surface area contributed by atoms with Gasteiger partial charge in [-0.05, 0) is 56.0 Å². The third-order valence-electron chi connectivity index (χ3n) is 3.94. The first-order valence-electron chi connectivity index (χ1n) is 8.48. The third-order valence-corrected chi connectivity index (χ3v) is 5.17. The summed E-state index contributed by atoms with van der Waals surface area (Å²) in [5, 5.41) is 0.741. The average Bonchev–Trinajstić information content (AvgIpc) is 2.95. The molecule has 0 fully saturated rings. The molecule has 1 aromatic carbocycles. The Bertz CT molecular complexity index is 930. The molecular weight excluding hydrogens is 330 g/mol. The lowest BCUT2D eigenvalue weighted by atomic mass is 10.1. The summed E-state index contributed by atoms with van der Waals surface area (Å²) in [7, 11) is 0. The van der Waals surface area contributed by atoms with E-state index >= 15 is 0 Å². The lowest BCUT2D eigenvalue weighted by Gasteiger charge is -2.21. The van der Waals surface area contributed by atoms with Crippen molar-refractivity contribution in [3.05, 3.63) is 52.8 Å². The highest BCUT2D eigenvalue weighted by Gasteiger charge is 2.23.